The van der Waals surface area contributed by atoms with Crippen LogP contribution in [0.4, 0.5) is 0 Å². The third-order valence-corrected chi connectivity index (χ3v) is 1.96. The maximum atomic E-state index is 5.50. The second kappa shape index (κ2) is 5.69. The van der Waals surface area contributed by atoms with Gasteiger partial charge in [0.15, 0.2) is 0 Å². The molecule has 2 N–H and O–H groups in total. The molecule has 0 aromatic heterocycles. The molecule has 0 aliphatic heterocycles. The van der Waals surface area contributed by atoms with Gasteiger partial charge in [0.1, 0.15) is 0 Å². The summed E-state index contributed by atoms with van der Waals surface area (Å²) < 4.78 is 0. The summed E-state index contributed by atoms with van der Waals surface area (Å²) in [5.74, 6) is 0. The highest BCUT2D eigenvalue weighted by molar-refractivity contribution is 4.62. The van der Waals surface area contributed by atoms with Crippen molar-refractivity contribution in [2.45, 2.75) is 32.7 Å². The zero-order valence-electron chi connectivity index (χ0n) is 7.43. The van der Waals surface area contributed by atoms with E-state index in [4.69, 9.17) is 5.73 Å². The summed E-state index contributed by atoms with van der Waals surface area (Å²) in [7, 11) is 2.13. The SMILES string of the molecule is CCCCN(C)[C@@H](C)CN. The molecule has 0 saturated heterocycles. The summed E-state index contributed by atoms with van der Waals surface area (Å²) in [4.78, 5) is 2.31. The predicted molar refractivity (Wildman–Crippen MR) is 46.1 cm³/mol. The molecule has 0 unspecified atom stereocenters. The molecule has 0 aromatic rings. The van der Waals surface area contributed by atoms with Gasteiger partial charge in [-0.05, 0) is 26.9 Å². The average molecular weight is 144 g/mol. The van der Waals surface area contributed by atoms with E-state index in [1.807, 2.05) is 0 Å². The first-order valence-electron chi connectivity index (χ1n) is 4.12. The van der Waals surface area contributed by atoms with E-state index in [0.717, 1.165) is 6.54 Å². The Balaban J connectivity index is 3.31. The zero-order valence-corrected chi connectivity index (χ0v) is 7.43. The van der Waals surface area contributed by atoms with Crippen LogP contribution in [0.25, 0.3) is 0 Å². The van der Waals surface area contributed by atoms with Gasteiger partial charge in [-0.15, -0.1) is 0 Å². The number of nitrogens with two attached hydrogens (primary N) is 1. The molecule has 62 valence electrons. The quantitative estimate of drug-likeness (QED) is 0.625. The van der Waals surface area contributed by atoms with Crippen molar-refractivity contribution in [2.75, 3.05) is 20.1 Å². The lowest BCUT2D eigenvalue weighted by Gasteiger charge is -2.22. The summed E-state index contributed by atoms with van der Waals surface area (Å²) in [6, 6.07) is 0.534. The minimum absolute atomic E-state index is 0.534. The number of likely N-dealkylation sites (N-methyl/N-ethyl adjacent to an activating group) is 1. The summed E-state index contributed by atoms with van der Waals surface area (Å²) in [5.41, 5.74) is 5.50. The van der Waals surface area contributed by atoms with E-state index in [1.54, 1.807) is 0 Å². The highest BCUT2D eigenvalue weighted by Gasteiger charge is 2.04. The normalized spacial score (nSPS) is 14.1. The van der Waals surface area contributed by atoms with E-state index in [9.17, 15) is 0 Å². The summed E-state index contributed by atoms with van der Waals surface area (Å²) in [6.45, 7) is 6.31. The second-order valence-electron chi connectivity index (χ2n) is 2.92. The van der Waals surface area contributed by atoms with E-state index in [0.29, 0.717) is 6.04 Å². The van der Waals surface area contributed by atoms with Gasteiger partial charge < -0.3 is 10.6 Å². The third-order valence-electron chi connectivity index (χ3n) is 1.96. The van der Waals surface area contributed by atoms with Crippen LogP contribution < -0.4 is 5.73 Å². The van der Waals surface area contributed by atoms with Gasteiger partial charge in [0.05, 0.1) is 0 Å². The molecule has 0 heterocycles. The van der Waals surface area contributed by atoms with Crippen molar-refractivity contribution in [3.8, 4) is 0 Å². The van der Waals surface area contributed by atoms with E-state index in [-0.39, 0.29) is 0 Å². The van der Waals surface area contributed by atoms with Gasteiger partial charge >= 0.3 is 0 Å². The minimum Gasteiger partial charge on any atom is -0.329 e. The van der Waals surface area contributed by atoms with E-state index in [1.165, 1.54) is 19.4 Å². The fraction of sp³-hybridized carbons (Fsp3) is 1.00. The summed E-state index contributed by atoms with van der Waals surface area (Å²) in [5, 5.41) is 0. The van der Waals surface area contributed by atoms with Crippen LogP contribution in [-0.4, -0.2) is 31.1 Å². The molecule has 2 heteroatoms. The number of nitrogens with zero attached hydrogens (tertiary/aromatic N) is 1. The Morgan fingerprint density at radius 1 is 1.50 bits per heavy atom. The molecular weight excluding hydrogens is 124 g/mol. The van der Waals surface area contributed by atoms with Crippen LogP contribution in [-0.2, 0) is 0 Å². The van der Waals surface area contributed by atoms with Gasteiger partial charge in [0.25, 0.3) is 0 Å². The van der Waals surface area contributed by atoms with Crippen molar-refractivity contribution >= 4 is 0 Å². The Bertz CT molecular complexity index is 73.7. The van der Waals surface area contributed by atoms with Crippen LogP contribution in [0.1, 0.15) is 26.7 Å². The molecule has 0 spiro atoms. The molecule has 10 heavy (non-hydrogen) atoms. The molecule has 0 saturated carbocycles. The van der Waals surface area contributed by atoms with Gasteiger partial charge in [-0.3, -0.25) is 0 Å². The molecule has 0 aromatic carbocycles. The third kappa shape index (κ3) is 3.85. The summed E-state index contributed by atoms with van der Waals surface area (Å²) in [6.07, 6.45) is 2.54. The van der Waals surface area contributed by atoms with Gasteiger partial charge in [-0.25, -0.2) is 0 Å². The van der Waals surface area contributed by atoms with Crippen LogP contribution in [0.5, 0.6) is 0 Å². The Hall–Kier alpha value is -0.0800. The molecule has 0 aliphatic carbocycles. The van der Waals surface area contributed by atoms with Crippen molar-refractivity contribution < 1.29 is 0 Å². The van der Waals surface area contributed by atoms with Gasteiger partial charge in [0, 0.05) is 12.6 Å². The smallest absolute Gasteiger partial charge is 0.0187 e. The second-order valence-corrected chi connectivity index (χ2v) is 2.92. The topological polar surface area (TPSA) is 29.3 Å². The molecule has 2 nitrogen and oxygen atoms in total. The first-order chi connectivity index (χ1) is 4.72. The maximum absolute atomic E-state index is 5.50. The standard InChI is InChI=1S/C8H20N2/c1-4-5-6-10(3)8(2)7-9/h8H,4-7,9H2,1-3H3/t8-/m0/s1. The maximum Gasteiger partial charge on any atom is 0.0187 e. The van der Waals surface area contributed by atoms with Crippen molar-refractivity contribution in [1.82, 2.24) is 4.90 Å². The van der Waals surface area contributed by atoms with Gasteiger partial charge in [-0.1, -0.05) is 13.3 Å². The van der Waals surface area contributed by atoms with Crippen LogP contribution in [0.2, 0.25) is 0 Å². The van der Waals surface area contributed by atoms with Crippen molar-refractivity contribution in [2.24, 2.45) is 5.73 Å². The van der Waals surface area contributed by atoms with Crippen molar-refractivity contribution in [1.29, 1.82) is 0 Å². The molecule has 0 bridgehead atoms. The van der Waals surface area contributed by atoms with Crippen LogP contribution in [0.3, 0.4) is 0 Å². The Kier molecular flexibility index (Phi) is 5.64. The lowest BCUT2D eigenvalue weighted by atomic mass is 10.2. The van der Waals surface area contributed by atoms with Gasteiger partial charge in [0.2, 0.25) is 0 Å². The molecule has 0 fully saturated rings. The molecule has 1 atom stereocenters. The largest absolute Gasteiger partial charge is 0.329 e. The number of unbranched alkanes of at least 4 members (excludes halogenated alkanes) is 1. The fourth-order valence-corrected chi connectivity index (χ4v) is 0.808. The molecule has 0 aliphatic rings. The lowest BCUT2D eigenvalue weighted by Crippen LogP contribution is -2.35. The predicted octanol–water partition coefficient (Wildman–Crippen LogP) is 1.07. The van der Waals surface area contributed by atoms with Crippen LogP contribution in [0, 0.1) is 0 Å². The summed E-state index contributed by atoms with van der Waals surface area (Å²) >= 11 is 0. The van der Waals surface area contributed by atoms with Gasteiger partial charge in [-0.2, -0.15) is 0 Å². The first-order valence-corrected chi connectivity index (χ1v) is 4.12. The Morgan fingerprint density at radius 2 is 2.10 bits per heavy atom. The Labute approximate surface area is 64.4 Å². The monoisotopic (exact) mass is 144 g/mol. The van der Waals surface area contributed by atoms with E-state index < -0.39 is 0 Å². The van der Waals surface area contributed by atoms with Crippen molar-refractivity contribution in [3.63, 3.8) is 0 Å². The Morgan fingerprint density at radius 3 is 2.50 bits per heavy atom. The zero-order chi connectivity index (χ0) is 7.98. The highest BCUT2D eigenvalue weighted by Crippen LogP contribution is 1.96. The highest BCUT2D eigenvalue weighted by atomic mass is 15.1. The molecule has 0 rings (SSSR count). The average Bonchev–Trinajstić information content (AvgIpc) is 1.98. The minimum atomic E-state index is 0.534. The lowest BCUT2D eigenvalue weighted by molar-refractivity contribution is 0.259. The first kappa shape index (κ1) is 9.92. The van der Waals surface area contributed by atoms with E-state index >= 15 is 0 Å². The molecule has 0 amide bonds. The van der Waals surface area contributed by atoms with Crippen molar-refractivity contribution in [3.05, 3.63) is 0 Å². The molecular formula is C8H20N2. The van der Waals surface area contributed by atoms with E-state index in [2.05, 4.69) is 25.8 Å². The fourth-order valence-electron chi connectivity index (χ4n) is 0.808. The van der Waals surface area contributed by atoms with Crippen LogP contribution >= 0.6 is 0 Å². The number of rotatable bonds is 5. The van der Waals surface area contributed by atoms with Crippen LogP contribution in [0.15, 0.2) is 0 Å². The molecule has 0 radical (unpaired) electrons. The number of hydrogen-bond donors (Lipinski definition) is 1. The number of hydrogen-bond acceptors (Lipinski definition) is 2.